The van der Waals surface area contributed by atoms with E-state index < -0.39 is 41.8 Å². The van der Waals surface area contributed by atoms with Crippen LogP contribution >= 0.6 is 0 Å². The number of nitrogens with two attached hydrogens (primary N) is 3. The molecule has 1 unspecified atom stereocenters. The normalized spacial score (nSPS) is 13.0. The number of amides is 4. The number of hydrogen-bond acceptors (Lipinski definition) is 11. The number of ether oxygens (including phenoxy) is 1. The third-order valence-electron chi connectivity index (χ3n) is 10.00. The highest BCUT2D eigenvalue weighted by atomic mass is 16.5. The highest BCUT2D eigenvalue weighted by Crippen LogP contribution is 2.15. The van der Waals surface area contributed by atoms with Gasteiger partial charge in [-0.2, -0.15) is 0 Å². The van der Waals surface area contributed by atoms with Gasteiger partial charge in [-0.15, -0.1) is 0 Å². The predicted octanol–water partition coefficient (Wildman–Crippen LogP) is 2.55. The Morgan fingerprint density at radius 1 is 0.550 bits per heavy atom. The van der Waals surface area contributed by atoms with E-state index in [4.69, 9.17) is 34.9 Å². The number of rotatable bonds is 37. The first kappa shape index (κ1) is 53.5. The van der Waals surface area contributed by atoms with E-state index in [0.29, 0.717) is 96.2 Å². The SMILES string of the molecule is [B]C(=O)C(N)CCCCNC(=O)[C@@H](N)CCCCNC(=O)[C@@H](N)CCCCNC(=O)CC[C@H](NC(=O)CCCCCCCCCCCOc1ccc(C(=O)O)cc1)C(=O)O. The third kappa shape index (κ3) is 27.3. The first-order valence-electron chi connectivity index (χ1n) is 21.6. The minimum Gasteiger partial charge on any atom is -0.494 e. The summed E-state index contributed by atoms with van der Waals surface area (Å²) in [4.78, 5) is 82.7. The standard InChI is InChI=1S/C42H70BN7O10/c43-38(53)32(44)16-9-13-27-48-40(55)34(46)18-11-14-28-49-39(54)33(45)17-10-12-26-47-36(51)25-24-35(42(58)59)50-37(52)19-8-6-4-2-1-3-5-7-15-29-60-31-22-20-30(21-23-31)41(56)57/h20-23,32-35H,1-19,24-29,44-46H2,(H,47,51)(H,48,55)(H,49,54)(H,50,52)(H,56,57)(H,58,59)/t32?,33-,34-,35-/m0/s1. The molecule has 0 saturated carbocycles. The van der Waals surface area contributed by atoms with Crippen LogP contribution in [0, 0.1) is 0 Å². The second-order valence-electron chi connectivity index (χ2n) is 15.2. The summed E-state index contributed by atoms with van der Waals surface area (Å²) in [5.41, 5.74) is 17.2. The molecule has 0 aliphatic carbocycles. The maximum atomic E-state index is 12.4. The van der Waals surface area contributed by atoms with Crippen molar-refractivity contribution < 1.29 is 48.5 Å². The minimum absolute atomic E-state index is 0.0279. The zero-order valence-corrected chi connectivity index (χ0v) is 35.3. The van der Waals surface area contributed by atoms with Crippen LogP contribution < -0.4 is 43.2 Å². The molecule has 0 aliphatic heterocycles. The van der Waals surface area contributed by atoms with Crippen molar-refractivity contribution in [1.29, 1.82) is 0 Å². The molecule has 2 radical (unpaired) electrons. The summed E-state index contributed by atoms with van der Waals surface area (Å²) in [6.07, 6.45) is 14.1. The van der Waals surface area contributed by atoms with E-state index in [-0.39, 0.29) is 48.5 Å². The molecule has 4 atom stereocenters. The fraction of sp³-hybridized carbons (Fsp3) is 0.690. The first-order valence-corrected chi connectivity index (χ1v) is 21.6. The van der Waals surface area contributed by atoms with Crippen LogP contribution in [0.2, 0.25) is 0 Å². The summed E-state index contributed by atoms with van der Waals surface area (Å²) in [7, 11) is 5.12. The highest BCUT2D eigenvalue weighted by molar-refractivity contribution is 6.59. The molecule has 336 valence electrons. The van der Waals surface area contributed by atoms with Gasteiger partial charge < -0.3 is 58.2 Å². The Balaban J connectivity index is 2.03. The monoisotopic (exact) mass is 844 g/mol. The lowest BCUT2D eigenvalue weighted by Crippen LogP contribution is -2.42. The third-order valence-corrected chi connectivity index (χ3v) is 10.00. The number of benzene rings is 1. The minimum atomic E-state index is -1.19. The smallest absolute Gasteiger partial charge is 0.335 e. The molecule has 0 fully saturated rings. The first-order chi connectivity index (χ1) is 28.7. The average Bonchev–Trinajstić information content (AvgIpc) is 3.21. The van der Waals surface area contributed by atoms with Gasteiger partial charge in [0.25, 0.3) is 0 Å². The van der Waals surface area contributed by atoms with Crippen molar-refractivity contribution in [3.05, 3.63) is 29.8 Å². The number of unbranched alkanes of at least 4 members (excludes halogenated alkanes) is 11. The average molecular weight is 844 g/mol. The zero-order chi connectivity index (χ0) is 44.5. The Morgan fingerprint density at radius 3 is 1.50 bits per heavy atom. The Morgan fingerprint density at radius 2 is 1.02 bits per heavy atom. The second kappa shape index (κ2) is 33.2. The summed E-state index contributed by atoms with van der Waals surface area (Å²) >= 11 is 0. The largest absolute Gasteiger partial charge is 0.494 e. The summed E-state index contributed by atoms with van der Waals surface area (Å²) in [5.74, 6) is -2.71. The van der Waals surface area contributed by atoms with Crippen LogP contribution in [0.25, 0.3) is 0 Å². The van der Waals surface area contributed by atoms with Crippen LogP contribution in [-0.4, -0.2) is 110 Å². The molecule has 1 aromatic rings. The Kier molecular flexibility index (Phi) is 29.6. The molecule has 4 amide bonds. The molecule has 0 heterocycles. The number of nitrogens with one attached hydrogen (secondary N) is 4. The van der Waals surface area contributed by atoms with Crippen LogP contribution in [0.4, 0.5) is 0 Å². The van der Waals surface area contributed by atoms with Gasteiger partial charge in [-0.1, -0.05) is 44.9 Å². The Hall–Kier alpha value is -4.55. The van der Waals surface area contributed by atoms with Crippen molar-refractivity contribution in [2.75, 3.05) is 26.2 Å². The lowest BCUT2D eigenvalue weighted by molar-refractivity contribution is -0.142. The van der Waals surface area contributed by atoms with Gasteiger partial charge in [-0.25, -0.2) is 9.59 Å². The molecular formula is C42H70BN7O10. The lowest BCUT2D eigenvalue weighted by atomic mass is 9.92. The molecule has 0 saturated heterocycles. The van der Waals surface area contributed by atoms with Gasteiger partial charge in [-0.3, -0.25) is 19.2 Å². The van der Waals surface area contributed by atoms with Crippen LogP contribution in [-0.2, 0) is 28.8 Å². The van der Waals surface area contributed by atoms with Gasteiger partial charge >= 0.3 is 11.9 Å². The molecule has 0 aromatic heterocycles. The summed E-state index contributed by atoms with van der Waals surface area (Å²) in [5, 5.41) is 29.3. The van der Waals surface area contributed by atoms with Gasteiger partial charge in [0.1, 0.15) is 11.8 Å². The summed E-state index contributed by atoms with van der Waals surface area (Å²) < 4.78 is 5.66. The number of aliphatic carboxylic acids is 1. The zero-order valence-electron chi connectivity index (χ0n) is 35.3. The number of carboxylic acid groups (broad SMARTS) is 2. The fourth-order valence-electron chi connectivity index (χ4n) is 6.18. The van der Waals surface area contributed by atoms with Crippen molar-refractivity contribution in [2.24, 2.45) is 17.2 Å². The van der Waals surface area contributed by atoms with E-state index in [1.165, 1.54) is 12.1 Å². The van der Waals surface area contributed by atoms with Crippen molar-refractivity contribution in [3.63, 3.8) is 0 Å². The number of carboxylic acids is 2. The molecule has 1 rings (SSSR count). The second-order valence-corrected chi connectivity index (χ2v) is 15.2. The van der Waals surface area contributed by atoms with E-state index in [1.807, 2.05) is 0 Å². The van der Waals surface area contributed by atoms with Crippen molar-refractivity contribution in [3.8, 4) is 5.75 Å². The molecule has 0 bridgehead atoms. The van der Waals surface area contributed by atoms with Gasteiger partial charge in [-0.05, 0) is 101 Å². The molecular weight excluding hydrogens is 773 g/mol. The maximum absolute atomic E-state index is 12.4. The van der Waals surface area contributed by atoms with Gasteiger partial charge in [0.2, 0.25) is 23.6 Å². The van der Waals surface area contributed by atoms with E-state index in [1.54, 1.807) is 12.1 Å². The molecule has 60 heavy (non-hydrogen) atoms. The van der Waals surface area contributed by atoms with E-state index in [0.717, 1.165) is 51.4 Å². The van der Waals surface area contributed by atoms with Crippen LogP contribution in [0.5, 0.6) is 5.75 Å². The topological polar surface area (TPSA) is 295 Å². The molecule has 17 nitrogen and oxygen atoms in total. The van der Waals surface area contributed by atoms with Gasteiger partial charge in [0.15, 0.2) is 7.85 Å². The Labute approximate surface area is 356 Å². The van der Waals surface area contributed by atoms with E-state index in [9.17, 15) is 38.7 Å². The number of carbonyl (C=O) groups excluding carboxylic acids is 5. The summed E-state index contributed by atoms with van der Waals surface area (Å²) in [6.45, 7) is 1.75. The molecule has 0 aliphatic rings. The summed E-state index contributed by atoms with van der Waals surface area (Å²) in [6, 6.07) is 3.16. The number of aromatic carboxylic acids is 1. The van der Waals surface area contributed by atoms with Crippen LogP contribution in [0.15, 0.2) is 24.3 Å². The molecule has 1 aromatic carbocycles. The number of hydrogen-bond donors (Lipinski definition) is 9. The van der Waals surface area contributed by atoms with Crippen molar-refractivity contribution in [1.82, 2.24) is 21.3 Å². The van der Waals surface area contributed by atoms with E-state index >= 15 is 0 Å². The molecule has 18 heteroatoms. The van der Waals surface area contributed by atoms with Crippen LogP contribution in [0.1, 0.15) is 145 Å². The molecule has 12 N–H and O–H groups in total. The van der Waals surface area contributed by atoms with Crippen molar-refractivity contribution in [2.45, 2.75) is 159 Å². The fourth-order valence-corrected chi connectivity index (χ4v) is 6.18. The van der Waals surface area contributed by atoms with Crippen molar-refractivity contribution >= 4 is 49.1 Å². The van der Waals surface area contributed by atoms with Gasteiger partial charge in [0.05, 0.1) is 36.0 Å². The van der Waals surface area contributed by atoms with E-state index in [2.05, 4.69) is 21.3 Å². The Bertz CT molecular complexity index is 1440. The quantitative estimate of drug-likeness (QED) is 0.0344. The van der Waals surface area contributed by atoms with Gasteiger partial charge in [0, 0.05) is 32.5 Å². The molecule has 0 spiro atoms. The maximum Gasteiger partial charge on any atom is 0.335 e. The lowest BCUT2D eigenvalue weighted by Gasteiger charge is -2.15. The number of carbonyl (C=O) groups is 7. The van der Waals surface area contributed by atoms with Crippen LogP contribution in [0.3, 0.4) is 0 Å². The predicted molar refractivity (Wildman–Crippen MR) is 229 cm³/mol. The highest BCUT2D eigenvalue weighted by Gasteiger charge is 2.21.